The number of nitrogens with zero attached hydrogens (tertiary/aromatic N) is 2. The van der Waals surface area contributed by atoms with Crippen molar-refractivity contribution in [3.8, 4) is 16.3 Å². The van der Waals surface area contributed by atoms with E-state index in [1.807, 2.05) is 55.5 Å². The second-order valence-electron chi connectivity index (χ2n) is 7.28. The minimum absolute atomic E-state index is 0.0740. The van der Waals surface area contributed by atoms with Crippen LogP contribution in [0, 0.1) is 0 Å². The van der Waals surface area contributed by atoms with Gasteiger partial charge in [-0.15, -0.1) is 10.2 Å². The molecule has 0 fully saturated rings. The van der Waals surface area contributed by atoms with Crippen LogP contribution in [0.2, 0.25) is 0 Å². The molecular weight excluding hydrogens is 372 g/mol. The van der Waals surface area contributed by atoms with Crippen molar-refractivity contribution < 1.29 is 9.53 Å². The van der Waals surface area contributed by atoms with E-state index in [4.69, 9.17) is 4.74 Å². The van der Waals surface area contributed by atoms with Crippen LogP contribution in [0.5, 0.6) is 5.75 Å². The molecule has 3 rings (SSSR count). The maximum absolute atomic E-state index is 12.2. The molecule has 0 radical (unpaired) electrons. The fourth-order valence-electron chi connectivity index (χ4n) is 2.56. The van der Waals surface area contributed by atoms with E-state index in [9.17, 15) is 4.79 Å². The van der Waals surface area contributed by atoms with Gasteiger partial charge in [-0.2, -0.15) is 0 Å². The topological polar surface area (TPSA) is 76.1 Å². The van der Waals surface area contributed by atoms with Gasteiger partial charge in [0, 0.05) is 11.3 Å². The third-order valence-corrected chi connectivity index (χ3v) is 4.95. The second kappa shape index (κ2) is 8.39. The standard InChI is InChI=1S/C21H24N4O2S/c1-5-27-17-12-6-14(7-13-17)18-24-25-20(28-18)23-19(26)22-16-10-8-15(9-11-16)21(2,3)4/h6-13H,5H2,1-4H3,(H2,22,23,25,26). The van der Waals surface area contributed by atoms with E-state index in [0.717, 1.165) is 22.0 Å². The summed E-state index contributed by atoms with van der Waals surface area (Å²) in [7, 11) is 0. The molecule has 2 N–H and O–H groups in total. The van der Waals surface area contributed by atoms with Crippen molar-refractivity contribution >= 4 is 28.2 Å². The highest BCUT2D eigenvalue weighted by Crippen LogP contribution is 2.28. The van der Waals surface area contributed by atoms with E-state index in [1.54, 1.807) is 0 Å². The first-order valence-corrected chi connectivity index (χ1v) is 9.92. The van der Waals surface area contributed by atoms with E-state index in [-0.39, 0.29) is 11.4 Å². The first-order chi connectivity index (χ1) is 13.3. The third kappa shape index (κ3) is 5.07. The third-order valence-electron chi connectivity index (χ3n) is 4.07. The molecule has 146 valence electrons. The molecule has 6 nitrogen and oxygen atoms in total. The van der Waals surface area contributed by atoms with Crippen LogP contribution in [0.1, 0.15) is 33.3 Å². The van der Waals surface area contributed by atoms with Crippen LogP contribution in [0.25, 0.3) is 10.6 Å². The zero-order valence-electron chi connectivity index (χ0n) is 16.4. The zero-order valence-corrected chi connectivity index (χ0v) is 17.3. The maximum atomic E-state index is 12.2. The average Bonchev–Trinajstić information content (AvgIpc) is 3.10. The largest absolute Gasteiger partial charge is 0.494 e. The summed E-state index contributed by atoms with van der Waals surface area (Å²) in [5.41, 5.74) is 2.93. The summed E-state index contributed by atoms with van der Waals surface area (Å²) in [6, 6.07) is 15.1. The molecule has 1 heterocycles. The molecule has 0 atom stereocenters. The molecule has 2 amide bonds. The number of aromatic nitrogens is 2. The van der Waals surface area contributed by atoms with E-state index in [2.05, 4.69) is 41.6 Å². The second-order valence-corrected chi connectivity index (χ2v) is 8.25. The Labute approximate surface area is 169 Å². The Balaban J connectivity index is 1.60. The monoisotopic (exact) mass is 396 g/mol. The Kier molecular flexibility index (Phi) is 5.94. The number of hydrogen-bond donors (Lipinski definition) is 2. The molecule has 3 aromatic rings. The Morgan fingerprint density at radius 3 is 2.29 bits per heavy atom. The molecule has 0 aliphatic rings. The predicted octanol–water partition coefficient (Wildman–Crippen LogP) is 5.55. The van der Waals surface area contributed by atoms with Crippen LogP contribution in [-0.4, -0.2) is 22.8 Å². The molecule has 28 heavy (non-hydrogen) atoms. The van der Waals surface area contributed by atoms with Gasteiger partial charge in [-0.3, -0.25) is 5.32 Å². The van der Waals surface area contributed by atoms with Crippen LogP contribution >= 0.6 is 11.3 Å². The lowest BCUT2D eigenvalue weighted by Gasteiger charge is -2.19. The highest BCUT2D eigenvalue weighted by molar-refractivity contribution is 7.18. The fraction of sp³-hybridized carbons (Fsp3) is 0.286. The number of anilines is 2. The van der Waals surface area contributed by atoms with Crippen molar-refractivity contribution in [3.63, 3.8) is 0 Å². The summed E-state index contributed by atoms with van der Waals surface area (Å²) in [5.74, 6) is 0.811. The van der Waals surface area contributed by atoms with E-state index in [0.29, 0.717) is 11.7 Å². The average molecular weight is 397 g/mol. The number of ether oxygens (including phenoxy) is 1. The smallest absolute Gasteiger partial charge is 0.325 e. The molecule has 0 spiro atoms. The van der Waals surface area contributed by atoms with Gasteiger partial charge < -0.3 is 10.1 Å². The van der Waals surface area contributed by atoms with Crippen LogP contribution < -0.4 is 15.4 Å². The summed E-state index contributed by atoms with van der Waals surface area (Å²) >= 11 is 1.31. The number of nitrogens with one attached hydrogen (secondary N) is 2. The number of amides is 2. The molecule has 0 bridgehead atoms. The summed E-state index contributed by atoms with van der Waals surface area (Å²) in [6.45, 7) is 9.03. The minimum Gasteiger partial charge on any atom is -0.494 e. The number of urea groups is 1. The lowest BCUT2D eigenvalue weighted by molar-refractivity contribution is 0.262. The van der Waals surface area contributed by atoms with Crippen LogP contribution in [0.4, 0.5) is 15.6 Å². The zero-order chi connectivity index (χ0) is 20.1. The van der Waals surface area contributed by atoms with Crippen molar-refractivity contribution in [2.45, 2.75) is 33.1 Å². The van der Waals surface area contributed by atoms with Gasteiger partial charge in [-0.1, -0.05) is 44.2 Å². The lowest BCUT2D eigenvalue weighted by Crippen LogP contribution is -2.19. The molecule has 0 aliphatic carbocycles. The number of carbonyl (C=O) groups is 1. The fourth-order valence-corrected chi connectivity index (χ4v) is 3.31. The Morgan fingerprint density at radius 1 is 1.00 bits per heavy atom. The van der Waals surface area contributed by atoms with Crippen molar-refractivity contribution in [2.75, 3.05) is 17.2 Å². The van der Waals surface area contributed by atoms with Gasteiger partial charge in [0.15, 0.2) is 0 Å². The van der Waals surface area contributed by atoms with Crippen LogP contribution in [0.3, 0.4) is 0 Å². The quantitative estimate of drug-likeness (QED) is 0.593. The maximum Gasteiger partial charge on any atom is 0.325 e. The van der Waals surface area contributed by atoms with E-state index < -0.39 is 0 Å². The molecular formula is C21H24N4O2S. The van der Waals surface area contributed by atoms with Gasteiger partial charge in [0.05, 0.1) is 6.61 Å². The van der Waals surface area contributed by atoms with Crippen molar-refractivity contribution in [1.82, 2.24) is 10.2 Å². The van der Waals surface area contributed by atoms with Crippen molar-refractivity contribution in [1.29, 1.82) is 0 Å². The highest BCUT2D eigenvalue weighted by Gasteiger charge is 2.14. The molecule has 0 aliphatic heterocycles. The summed E-state index contributed by atoms with van der Waals surface area (Å²) in [4.78, 5) is 12.2. The van der Waals surface area contributed by atoms with E-state index >= 15 is 0 Å². The van der Waals surface area contributed by atoms with Gasteiger partial charge >= 0.3 is 6.03 Å². The first kappa shape index (κ1) is 19.8. The molecule has 1 aromatic heterocycles. The Morgan fingerprint density at radius 2 is 1.68 bits per heavy atom. The molecule has 0 saturated carbocycles. The molecule has 7 heteroatoms. The summed E-state index contributed by atoms with van der Waals surface area (Å²) < 4.78 is 5.44. The molecule has 2 aromatic carbocycles. The van der Waals surface area contributed by atoms with Crippen molar-refractivity contribution in [3.05, 3.63) is 54.1 Å². The highest BCUT2D eigenvalue weighted by atomic mass is 32.1. The number of benzene rings is 2. The van der Waals surface area contributed by atoms with Gasteiger partial charge in [-0.05, 0) is 54.3 Å². The normalized spacial score (nSPS) is 11.1. The Hall–Kier alpha value is -2.93. The first-order valence-electron chi connectivity index (χ1n) is 9.10. The number of rotatable bonds is 5. The Bertz CT molecular complexity index is 928. The van der Waals surface area contributed by atoms with Gasteiger partial charge in [0.1, 0.15) is 10.8 Å². The predicted molar refractivity (Wildman–Crippen MR) is 114 cm³/mol. The number of hydrogen-bond acceptors (Lipinski definition) is 5. The minimum atomic E-state index is -0.349. The lowest BCUT2D eigenvalue weighted by atomic mass is 9.87. The van der Waals surface area contributed by atoms with Gasteiger partial charge in [-0.25, -0.2) is 4.79 Å². The van der Waals surface area contributed by atoms with Crippen LogP contribution in [0.15, 0.2) is 48.5 Å². The molecule has 0 saturated heterocycles. The van der Waals surface area contributed by atoms with Gasteiger partial charge in [0.25, 0.3) is 0 Å². The molecule has 0 unspecified atom stereocenters. The SMILES string of the molecule is CCOc1ccc(-c2nnc(NC(=O)Nc3ccc(C(C)(C)C)cc3)s2)cc1. The summed E-state index contributed by atoms with van der Waals surface area (Å²) in [5, 5.41) is 14.9. The van der Waals surface area contributed by atoms with Crippen LogP contribution in [-0.2, 0) is 5.41 Å². The number of carbonyl (C=O) groups excluding carboxylic acids is 1. The van der Waals surface area contributed by atoms with Gasteiger partial charge in [0.2, 0.25) is 5.13 Å². The summed E-state index contributed by atoms with van der Waals surface area (Å²) in [6.07, 6.45) is 0. The van der Waals surface area contributed by atoms with E-state index in [1.165, 1.54) is 16.9 Å². The van der Waals surface area contributed by atoms with Crippen molar-refractivity contribution in [2.24, 2.45) is 0 Å².